The van der Waals surface area contributed by atoms with Gasteiger partial charge in [-0.25, -0.2) is 0 Å². The topological polar surface area (TPSA) is 26.0 Å². The molecule has 0 saturated heterocycles. The van der Waals surface area contributed by atoms with E-state index in [9.17, 15) is 0 Å². The Morgan fingerprint density at radius 1 is 1.21 bits per heavy atom. The van der Waals surface area contributed by atoms with Gasteiger partial charge in [0.05, 0.1) is 9.52 Å². The molecule has 0 fully saturated rings. The van der Waals surface area contributed by atoms with Crippen LogP contribution in [0.25, 0.3) is 0 Å². The van der Waals surface area contributed by atoms with E-state index in [4.69, 9.17) is 5.73 Å². The number of nitrogens with two attached hydrogens (primary N) is 1. The van der Waals surface area contributed by atoms with E-state index >= 15 is 0 Å². The molecule has 0 unspecified atom stereocenters. The van der Waals surface area contributed by atoms with Gasteiger partial charge >= 0.3 is 0 Å². The molecule has 1 aromatic carbocycles. The van der Waals surface area contributed by atoms with Crippen molar-refractivity contribution in [1.29, 1.82) is 0 Å². The summed E-state index contributed by atoms with van der Waals surface area (Å²) in [4.78, 5) is 0. The van der Waals surface area contributed by atoms with E-state index in [1.807, 2.05) is 0 Å². The fraction of sp³-hybridized carbons (Fsp3) is 0.500. The Bertz CT molecular complexity index is 256. The van der Waals surface area contributed by atoms with Gasteiger partial charge in [-0.1, -0.05) is 49.4 Å². The highest BCUT2D eigenvalue weighted by molar-refractivity contribution is 6.56. The Morgan fingerprint density at radius 3 is 2.43 bits per heavy atom. The zero-order valence-electron chi connectivity index (χ0n) is 9.09. The zero-order valence-corrected chi connectivity index (χ0v) is 10.1. The molecule has 1 aromatic rings. The lowest BCUT2D eigenvalue weighted by molar-refractivity contribution is 0.579. The van der Waals surface area contributed by atoms with Crippen molar-refractivity contribution < 1.29 is 0 Å². The first-order chi connectivity index (χ1) is 6.64. The highest BCUT2D eigenvalue weighted by atomic mass is 28.2. The van der Waals surface area contributed by atoms with Gasteiger partial charge in [0.15, 0.2) is 0 Å². The fourth-order valence-electron chi connectivity index (χ4n) is 1.52. The Balaban J connectivity index is 2.50. The second-order valence-corrected chi connectivity index (χ2v) is 6.45. The Hall–Kier alpha value is -0.603. The van der Waals surface area contributed by atoms with Crippen LogP contribution >= 0.6 is 0 Å². The van der Waals surface area contributed by atoms with Gasteiger partial charge in [0, 0.05) is 0 Å². The van der Waals surface area contributed by atoms with E-state index in [1.165, 1.54) is 11.6 Å². The van der Waals surface area contributed by atoms with Crippen molar-refractivity contribution in [3.05, 3.63) is 30.3 Å². The maximum absolute atomic E-state index is 5.53. The van der Waals surface area contributed by atoms with Crippen molar-refractivity contribution in [1.82, 2.24) is 0 Å². The lowest BCUT2D eigenvalue weighted by Gasteiger charge is -2.23. The quantitative estimate of drug-likeness (QED) is 0.731. The SMILES string of the molecule is CC(C)(CCCN)[Si]c1ccccc1. The van der Waals surface area contributed by atoms with E-state index in [0.29, 0.717) is 5.04 Å². The van der Waals surface area contributed by atoms with Crippen LogP contribution in [0.2, 0.25) is 5.04 Å². The molecule has 0 aromatic heterocycles. The predicted octanol–water partition coefficient (Wildman–Crippen LogP) is 1.95. The molecule has 2 N–H and O–H groups in total. The van der Waals surface area contributed by atoms with Crippen LogP contribution < -0.4 is 10.9 Å². The van der Waals surface area contributed by atoms with E-state index in [0.717, 1.165) is 22.5 Å². The minimum atomic E-state index is 0.403. The summed E-state index contributed by atoms with van der Waals surface area (Å²) in [5.74, 6) is 0. The standard InChI is InChI=1S/C12H19NSi/c1-12(2,9-6-10-13)14-11-7-4-3-5-8-11/h3-5,7-8H,6,9-10,13H2,1-2H3. The average Bonchev–Trinajstić information content (AvgIpc) is 2.16. The van der Waals surface area contributed by atoms with Gasteiger partial charge in [0.2, 0.25) is 0 Å². The minimum Gasteiger partial charge on any atom is -0.330 e. The number of rotatable bonds is 5. The molecule has 0 aliphatic heterocycles. The maximum atomic E-state index is 5.53. The molecule has 76 valence electrons. The third kappa shape index (κ3) is 4.07. The largest absolute Gasteiger partial charge is 0.330 e. The molecule has 0 heterocycles. The molecule has 14 heavy (non-hydrogen) atoms. The van der Waals surface area contributed by atoms with Crippen LogP contribution in [-0.2, 0) is 0 Å². The van der Waals surface area contributed by atoms with Crippen LogP contribution in [0.3, 0.4) is 0 Å². The van der Waals surface area contributed by atoms with E-state index < -0.39 is 0 Å². The summed E-state index contributed by atoms with van der Waals surface area (Å²) < 4.78 is 0. The van der Waals surface area contributed by atoms with Crippen LogP contribution in [0.15, 0.2) is 30.3 Å². The molecule has 0 amide bonds. The van der Waals surface area contributed by atoms with E-state index in [-0.39, 0.29) is 0 Å². The monoisotopic (exact) mass is 205 g/mol. The summed E-state index contributed by atoms with van der Waals surface area (Å²) >= 11 is 0. The Morgan fingerprint density at radius 2 is 1.86 bits per heavy atom. The zero-order chi connectivity index (χ0) is 10.4. The Labute approximate surface area is 89.5 Å². The van der Waals surface area contributed by atoms with Crippen LogP contribution in [0.5, 0.6) is 0 Å². The summed E-state index contributed by atoms with van der Waals surface area (Å²) in [5.41, 5.74) is 5.53. The third-order valence-electron chi connectivity index (χ3n) is 2.26. The van der Waals surface area contributed by atoms with E-state index in [1.54, 1.807) is 0 Å². The first kappa shape index (κ1) is 11.5. The molecule has 2 radical (unpaired) electrons. The van der Waals surface area contributed by atoms with Gasteiger partial charge in [-0.15, -0.1) is 0 Å². The summed E-state index contributed by atoms with van der Waals surface area (Å²) in [6.07, 6.45) is 2.35. The lowest BCUT2D eigenvalue weighted by atomic mass is 10.1. The molecule has 0 saturated carbocycles. The lowest BCUT2D eigenvalue weighted by Crippen LogP contribution is -2.25. The highest BCUT2D eigenvalue weighted by Crippen LogP contribution is 2.28. The second kappa shape index (κ2) is 5.32. The minimum absolute atomic E-state index is 0.403. The highest BCUT2D eigenvalue weighted by Gasteiger charge is 2.18. The summed E-state index contributed by atoms with van der Waals surface area (Å²) in [7, 11) is 0.885. The van der Waals surface area contributed by atoms with Crippen LogP contribution in [0.4, 0.5) is 0 Å². The van der Waals surface area contributed by atoms with Gasteiger partial charge in [-0.3, -0.25) is 0 Å². The molecule has 0 aliphatic rings. The third-order valence-corrected chi connectivity index (χ3v) is 3.81. The van der Waals surface area contributed by atoms with Crippen molar-refractivity contribution in [2.24, 2.45) is 5.73 Å². The second-order valence-electron chi connectivity index (χ2n) is 4.27. The number of hydrogen-bond acceptors (Lipinski definition) is 1. The van der Waals surface area contributed by atoms with Crippen LogP contribution in [0.1, 0.15) is 26.7 Å². The summed E-state index contributed by atoms with van der Waals surface area (Å²) in [6.45, 7) is 5.46. The van der Waals surface area contributed by atoms with Crippen molar-refractivity contribution in [2.75, 3.05) is 6.54 Å². The molecule has 0 atom stereocenters. The molecule has 0 bridgehead atoms. The normalized spacial score (nSPS) is 11.6. The molecule has 1 nitrogen and oxygen atoms in total. The maximum Gasteiger partial charge on any atom is 0.0871 e. The number of benzene rings is 1. The van der Waals surface area contributed by atoms with Gasteiger partial charge in [-0.05, 0) is 24.4 Å². The molecule has 0 aliphatic carbocycles. The van der Waals surface area contributed by atoms with E-state index in [2.05, 4.69) is 44.2 Å². The average molecular weight is 205 g/mol. The number of hydrogen-bond donors (Lipinski definition) is 1. The first-order valence-corrected chi connectivity index (χ1v) is 6.17. The summed E-state index contributed by atoms with van der Waals surface area (Å²) in [6, 6.07) is 10.7. The molecule has 0 spiro atoms. The molecular weight excluding hydrogens is 186 g/mol. The first-order valence-electron chi connectivity index (χ1n) is 5.17. The summed E-state index contributed by atoms with van der Waals surface area (Å²) in [5, 5.41) is 1.86. The predicted molar refractivity (Wildman–Crippen MR) is 64.2 cm³/mol. The van der Waals surface area contributed by atoms with Crippen molar-refractivity contribution >= 4 is 14.7 Å². The molecule has 1 rings (SSSR count). The van der Waals surface area contributed by atoms with Gasteiger partial charge in [0.1, 0.15) is 0 Å². The van der Waals surface area contributed by atoms with Gasteiger partial charge in [0.25, 0.3) is 0 Å². The Kier molecular flexibility index (Phi) is 4.36. The molecular formula is C12H19NSi. The van der Waals surface area contributed by atoms with Crippen molar-refractivity contribution in [3.63, 3.8) is 0 Å². The smallest absolute Gasteiger partial charge is 0.0871 e. The van der Waals surface area contributed by atoms with Crippen molar-refractivity contribution in [2.45, 2.75) is 31.7 Å². The van der Waals surface area contributed by atoms with Crippen LogP contribution in [-0.4, -0.2) is 16.1 Å². The fourth-order valence-corrected chi connectivity index (χ4v) is 2.96. The van der Waals surface area contributed by atoms with Crippen LogP contribution in [0, 0.1) is 0 Å². The van der Waals surface area contributed by atoms with Gasteiger partial charge in [-0.2, -0.15) is 0 Å². The molecule has 2 heteroatoms. The van der Waals surface area contributed by atoms with Crippen molar-refractivity contribution in [3.8, 4) is 0 Å². The van der Waals surface area contributed by atoms with Gasteiger partial charge < -0.3 is 5.73 Å².